The molecule has 7 heteroatoms. The molecule has 4 rings (SSSR count). The van der Waals surface area contributed by atoms with Crippen molar-refractivity contribution < 1.29 is 15.7 Å². The van der Waals surface area contributed by atoms with Gasteiger partial charge in [0.1, 0.15) is 0 Å². The largest absolute Gasteiger partial charge is 0.412 e. The van der Waals surface area contributed by atoms with E-state index in [-0.39, 0.29) is 29.8 Å². The number of likely N-dealkylation sites (tertiary alicyclic amines) is 1. The van der Waals surface area contributed by atoms with Crippen molar-refractivity contribution in [1.82, 2.24) is 10.2 Å². The number of halogens is 2. The number of alkyl halides is 2. The fourth-order valence-corrected chi connectivity index (χ4v) is 9.02. The fraction of sp³-hybridized carbons (Fsp3) is 0.969. The Bertz CT molecular complexity index is 706. The van der Waals surface area contributed by atoms with Crippen LogP contribution in [0.15, 0.2) is 0 Å². The van der Waals surface area contributed by atoms with E-state index >= 15 is 0 Å². The molecule has 4 fully saturated rings. The number of nitrogens with one attached hydrogen (secondary N) is 1. The SMILES string of the molecule is C.CC(C)[C@@H](NCC1CCCC(C2CCC(Cl)CC2)C1)C(=O)N1CC[C@H](C2CCC(Cl)CC2)C(C)(C)C1.O.O. The summed E-state index contributed by atoms with van der Waals surface area (Å²) in [5.74, 6) is 4.62. The van der Waals surface area contributed by atoms with Crippen molar-refractivity contribution in [3.05, 3.63) is 0 Å². The van der Waals surface area contributed by atoms with Crippen LogP contribution in [0.5, 0.6) is 0 Å². The Kier molecular flexibility index (Phi) is 15.7. The second-order valence-electron chi connectivity index (χ2n) is 14.1. The van der Waals surface area contributed by atoms with Gasteiger partial charge in [0.2, 0.25) is 5.91 Å². The Morgan fingerprint density at radius 1 is 0.846 bits per heavy atom. The average Bonchev–Trinajstić information content (AvgIpc) is 2.84. The van der Waals surface area contributed by atoms with E-state index in [0.717, 1.165) is 56.7 Å². The standard InChI is InChI=1S/C31H54Cl2N2O.CH4.2H2O/c1-21(2)29(34-19-22-6-5-7-25(18-22)23-8-12-26(32)13-9-23)30(36)35-17-16-28(31(3,4)20-35)24-10-14-27(33)15-11-24;;;/h21-29,34H,5-20H2,1-4H3;1H4;2*1H2/t22?,23?,24?,25?,26?,27?,28-,29-;;;/m1.../s1. The lowest BCUT2D eigenvalue weighted by atomic mass is 9.64. The maximum absolute atomic E-state index is 13.8. The minimum absolute atomic E-state index is 0. The molecule has 5 N–H and O–H groups in total. The van der Waals surface area contributed by atoms with Gasteiger partial charge in [-0.2, -0.15) is 0 Å². The van der Waals surface area contributed by atoms with Gasteiger partial charge < -0.3 is 21.2 Å². The third kappa shape index (κ3) is 9.73. The fourth-order valence-electron chi connectivity index (χ4n) is 8.51. The second-order valence-corrected chi connectivity index (χ2v) is 15.3. The molecule has 5 nitrogen and oxygen atoms in total. The summed E-state index contributed by atoms with van der Waals surface area (Å²) in [4.78, 5) is 16.0. The van der Waals surface area contributed by atoms with Gasteiger partial charge in [-0.05, 0) is 118 Å². The number of hydrogen-bond donors (Lipinski definition) is 1. The second kappa shape index (κ2) is 16.5. The highest BCUT2D eigenvalue weighted by Crippen LogP contribution is 2.46. The minimum Gasteiger partial charge on any atom is -0.412 e. The van der Waals surface area contributed by atoms with E-state index in [2.05, 4.69) is 37.9 Å². The average molecular weight is 594 g/mol. The molecular formula is C32H62Cl2N2O3. The highest BCUT2D eigenvalue weighted by Gasteiger charge is 2.43. The Morgan fingerprint density at radius 2 is 1.41 bits per heavy atom. The van der Waals surface area contributed by atoms with Gasteiger partial charge >= 0.3 is 0 Å². The summed E-state index contributed by atoms with van der Waals surface area (Å²) in [6.07, 6.45) is 16.5. The van der Waals surface area contributed by atoms with Crippen molar-refractivity contribution in [2.45, 2.75) is 135 Å². The van der Waals surface area contributed by atoms with E-state index in [4.69, 9.17) is 23.2 Å². The molecule has 0 aromatic carbocycles. The number of carbonyl (C=O) groups excluding carboxylic acids is 1. The van der Waals surface area contributed by atoms with Crippen LogP contribution in [0.25, 0.3) is 0 Å². The Hall–Kier alpha value is -0.0700. The third-order valence-electron chi connectivity index (χ3n) is 10.6. The number of carbonyl (C=O) groups is 1. The maximum Gasteiger partial charge on any atom is 0.239 e. The molecule has 1 amide bonds. The summed E-state index contributed by atoms with van der Waals surface area (Å²) < 4.78 is 0. The monoisotopic (exact) mass is 592 g/mol. The summed E-state index contributed by atoms with van der Waals surface area (Å²) in [6.45, 7) is 12.1. The molecule has 2 unspecified atom stereocenters. The molecule has 0 spiro atoms. The zero-order valence-electron chi connectivity index (χ0n) is 24.6. The Morgan fingerprint density at radius 3 is 1.95 bits per heavy atom. The van der Waals surface area contributed by atoms with Gasteiger partial charge in [-0.15, -0.1) is 23.2 Å². The molecule has 1 aliphatic heterocycles. The van der Waals surface area contributed by atoms with Crippen LogP contribution in [-0.2, 0) is 4.79 Å². The minimum atomic E-state index is -0.0592. The highest BCUT2D eigenvalue weighted by molar-refractivity contribution is 6.20. The molecule has 3 aliphatic carbocycles. The number of piperidine rings is 1. The summed E-state index contributed by atoms with van der Waals surface area (Å²) in [6, 6.07) is -0.0592. The molecule has 4 aliphatic rings. The zero-order valence-corrected chi connectivity index (χ0v) is 26.1. The van der Waals surface area contributed by atoms with Crippen LogP contribution < -0.4 is 5.32 Å². The molecule has 0 radical (unpaired) electrons. The maximum atomic E-state index is 13.8. The van der Waals surface area contributed by atoms with Gasteiger partial charge in [-0.25, -0.2) is 0 Å². The van der Waals surface area contributed by atoms with Gasteiger partial charge in [-0.3, -0.25) is 4.79 Å². The van der Waals surface area contributed by atoms with Crippen LogP contribution in [0.1, 0.15) is 119 Å². The van der Waals surface area contributed by atoms with Crippen LogP contribution in [0.4, 0.5) is 0 Å². The lowest BCUT2D eigenvalue weighted by Gasteiger charge is -2.49. The van der Waals surface area contributed by atoms with Gasteiger partial charge in [-0.1, -0.05) is 48.0 Å². The number of amides is 1. The number of rotatable bonds is 7. The molecular weight excluding hydrogens is 531 g/mol. The first-order chi connectivity index (χ1) is 17.1. The summed E-state index contributed by atoms with van der Waals surface area (Å²) >= 11 is 12.8. The summed E-state index contributed by atoms with van der Waals surface area (Å²) in [7, 11) is 0. The van der Waals surface area contributed by atoms with Gasteiger partial charge in [0, 0.05) is 23.8 Å². The van der Waals surface area contributed by atoms with E-state index in [0.29, 0.717) is 34.4 Å². The first-order valence-corrected chi connectivity index (χ1v) is 16.3. The lowest BCUT2D eigenvalue weighted by molar-refractivity contribution is -0.140. The van der Waals surface area contributed by atoms with Crippen LogP contribution in [-0.4, -0.2) is 58.2 Å². The first-order valence-electron chi connectivity index (χ1n) is 15.4. The van der Waals surface area contributed by atoms with E-state index < -0.39 is 0 Å². The van der Waals surface area contributed by atoms with Crippen LogP contribution in [0.3, 0.4) is 0 Å². The summed E-state index contributed by atoms with van der Waals surface area (Å²) in [5.41, 5.74) is 0.178. The van der Waals surface area contributed by atoms with Crippen LogP contribution in [0.2, 0.25) is 0 Å². The van der Waals surface area contributed by atoms with Crippen molar-refractivity contribution in [3.63, 3.8) is 0 Å². The molecule has 1 saturated heterocycles. The van der Waals surface area contributed by atoms with E-state index in [9.17, 15) is 4.79 Å². The van der Waals surface area contributed by atoms with Crippen molar-refractivity contribution in [1.29, 1.82) is 0 Å². The molecule has 1 heterocycles. The molecule has 4 atom stereocenters. The smallest absolute Gasteiger partial charge is 0.239 e. The van der Waals surface area contributed by atoms with E-state index in [1.165, 1.54) is 64.2 Å². The highest BCUT2D eigenvalue weighted by atomic mass is 35.5. The third-order valence-corrected chi connectivity index (χ3v) is 11.5. The molecule has 3 saturated carbocycles. The Labute approximate surface area is 250 Å². The summed E-state index contributed by atoms with van der Waals surface area (Å²) in [5, 5.41) is 4.59. The molecule has 232 valence electrons. The van der Waals surface area contributed by atoms with E-state index in [1.807, 2.05) is 0 Å². The number of hydrogen-bond acceptors (Lipinski definition) is 2. The van der Waals surface area contributed by atoms with Crippen molar-refractivity contribution in [3.8, 4) is 0 Å². The number of nitrogens with zero attached hydrogens (tertiary/aromatic N) is 1. The predicted octanol–water partition coefficient (Wildman–Crippen LogP) is 6.86. The lowest BCUT2D eigenvalue weighted by Crippen LogP contribution is -2.56. The molecule has 0 bridgehead atoms. The van der Waals surface area contributed by atoms with Crippen molar-refractivity contribution in [2.75, 3.05) is 19.6 Å². The van der Waals surface area contributed by atoms with Crippen molar-refractivity contribution in [2.24, 2.45) is 40.9 Å². The first kappa shape index (κ1) is 37.0. The topological polar surface area (TPSA) is 95.3 Å². The Balaban J connectivity index is 0.00000253. The normalized spacial score (nSPS) is 35.7. The van der Waals surface area contributed by atoms with E-state index in [1.54, 1.807) is 0 Å². The molecule has 39 heavy (non-hydrogen) atoms. The molecule has 0 aromatic heterocycles. The van der Waals surface area contributed by atoms with Gasteiger partial charge in [0.25, 0.3) is 0 Å². The molecule has 0 aromatic rings. The quantitative estimate of drug-likeness (QED) is 0.326. The van der Waals surface area contributed by atoms with Crippen molar-refractivity contribution >= 4 is 29.1 Å². The predicted molar refractivity (Wildman–Crippen MR) is 168 cm³/mol. The van der Waals surface area contributed by atoms with Crippen LogP contribution in [0, 0.1) is 40.9 Å². The van der Waals surface area contributed by atoms with Crippen LogP contribution >= 0.6 is 23.2 Å². The zero-order chi connectivity index (χ0) is 25.9. The van der Waals surface area contributed by atoms with Gasteiger partial charge in [0.15, 0.2) is 0 Å². The van der Waals surface area contributed by atoms with Gasteiger partial charge in [0.05, 0.1) is 6.04 Å².